The van der Waals surface area contributed by atoms with Crippen LogP contribution in [0.4, 0.5) is 11.5 Å². The van der Waals surface area contributed by atoms with E-state index in [0.717, 1.165) is 5.69 Å². The van der Waals surface area contributed by atoms with Gasteiger partial charge in [-0.15, -0.1) is 0 Å². The molecule has 4 N–H and O–H groups in total. The smallest absolute Gasteiger partial charge is 0.274 e. The van der Waals surface area contributed by atoms with Crippen LogP contribution in [0.1, 0.15) is 35.7 Å². The third-order valence-electron chi connectivity index (χ3n) is 4.00. The van der Waals surface area contributed by atoms with Crippen LogP contribution in [-0.2, 0) is 0 Å². The third kappa shape index (κ3) is 3.81. The molecule has 0 atom stereocenters. The Hall–Kier alpha value is -2.99. The lowest BCUT2D eigenvalue weighted by atomic mass is 10.0. The van der Waals surface area contributed by atoms with Crippen LogP contribution in [0.3, 0.4) is 0 Å². The van der Waals surface area contributed by atoms with Gasteiger partial charge in [0.1, 0.15) is 11.4 Å². The number of hydrogen-bond acceptors (Lipinski definition) is 4. The van der Waals surface area contributed by atoms with Gasteiger partial charge in [0.15, 0.2) is 0 Å². The standard InChI is InChI=1S/C19H20ClN5O/c1-12(2)13-6-8-16(9-7-13)25-18(21)17(11-22-25)19(26)24-23-15-5-3-4-14(20)10-15/h3-12,23H,21H2,1-2H3,(H,24,26). The summed E-state index contributed by atoms with van der Waals surface area (Å²) in [6, 6.07) is 14.9. The highest BCUT2D eigenvalue weighted by Crippen LogP contribution is 2.20. The van der Waals surface area contributed by atoms with Crippen LogP contribution in [-0.4, -0.2) is 15.7 Å². The van der Waals surface area contributed by atoms with E-state index in [-0.39, 0.29) is 17.3 Å². The normalized spacial score (nSPS) is 10.8. The summed E-state index contributed by atoms with van der Waals surface area (Å²) in [4.78, 5) is 12.4. The van der Waals surface area contributed by atoms with Crippen molar-refractivity contribution in [3.8, 4) is 5.69 Å². The van der Waals surface area contributed by atoms with E-state index < -0.39 is 0 Å². The summed E-state index contributed by atoms with van der Waals surface area (Å²) in [6.45, 7) is 4.26. The Morgan fingerprint density at radius 1 is 1.19 bits per heavy atom. The summed E-state index contributed by atoms with van der Waals surface area (Å²) in [5.41, 5.74) is 14.5. The molecule has 3 rings (SSSR count). The van der Waals surface area contributed by atoms with Crippen molar-refractivity contribution in [3.63, 3.8) is 0 Å². The lowest BCUT2D eigenvalue weighted by Crippen LogP contribution is -2.29. The molecule has 0 aliphatic heterocycles. The minimum absolute atomic E-state index is 0.271. The third-order valence-corrected chi connectivity index (χ3v) is 4.24. The molecule has 1 amide bonds. The van der Waals surface area contributed by atoms with Gasteiger partial charge in [-0.2, -0.15) is 5.10 Å². The molecular weight excluding hydrogens is 350 g/mol. The van der Waals surface area contributed by atoms with Gasteiger partial charge in [-0.1, -0.05) is 43.6 Å². The molecule has 0 fully saturated rings. The fraction of sp³-hybridized carbons (Fsp3) is 0.158. The van der Waals surface area contributed by atoms with Gasteiger partial charge in [-0.25, -0.2) is 4.68 Å². The number of aromatic nitrogens is 2. The first-order chi connectivity index (χ1) is 12.5. The fourth-order valence-electron chi connectivity index (χ4n) is 2.50. The number of halogens is 1. The molecule has 7 heteroatoms. The Morgan fingerprint density at radius 3 is 2.58 bits per heavy atom. The van der Waals surface area contributed by atoms with Crippen LogP contribution in [0.15, 0.2) is 54.7 Å². The minimum atomic E-state index is -0.382. The van der Waals surface area contributed by atoms with E-state index in [1.807, 2.05) is 24.3 Å². The van der Waals surface area contributed by atoms with Gasteiger partial charge < -0.3 is 5.73 Å². The van der Waals surface area contributed by atoms with Gasteiger partial charge in [0.05, 0.1) is 17.6 Å². The second kappa shape index (κ2) is 7.49. The van der Waals surface area contributed by atoms with Crippen molar-refractivity contribution in [1.29, 1.82) is 0 Å². The number of nitrogen functional groups attached to an aromatic ring is 1. The number of benzene rings is 2. The molecule has 0 saturated heterocycles. The molecule has 2 aromatic carbocycles. The summed E-state index contributed by atoms with van der Waals surface area (Å²) >= 11 is 5.92. The maximum Gasteiger partial charge on any atom is 0.274 e. The van der Waals surface area contributed by atoms with Crippen LogP contribution < -0.4 is 16.6 Å². The first-order valence-corrected chi connectivity index (χ1v) is 8.59. The molecule has 0 radical (unpaired) electrons. The zero-order chi connectivity index (χ0) is 18.7. The first kappa shape index (κ1) is 17.8. The number of anilines is 2. The van der Waals surface area contributed by atoms with Gasteiger partial charge in [0.2, 0.25) is 0 Å². The highest BCUT2D eigenvalue weighted by molar-refractivity contribution is 6.30. The number of hydrogen-bond donors (Lipinski definition) is 3. The largest absolute Gasteiger partial charge is 0.383 e. The van der Waals surface area contributed by atoms with E-state index in [2.05, 4.69) is 29.8 Å². The molecule has 0 spiro atoms. The van der Waals surface area contributed by atoms with Gasteiger partial charge >= 0.3 is 0 Å². The summed E-state index contributed by atoms with van der Waals surface area (Å²) < 4.78 is 1.54. The number of nitrogens with two attached hydrogens (primary N) is 1. The molecule has 26 heavy (non-hydrogen) atoms. The Morgan fingerprint density at radius 2 is 1.92 bits per heavy atom. The Labute approximate surface area is 156 Å². The monoisotopic (exact) mass is 369 g/mol. The van der Waals surface area contributed by atoms with Crippen LogP contribution in [0.25, 0.3) is 5.69 Å². The summed E-state index contributed by atoms with van der Waals surface area (Å²) in [7, 11) is 0. The topological polar surface area (TPSA) is 85.0 Å². The Balaban J connectivity index is 1.74. The molecule has 6 nitrogen and oxygen atoms in total. The van der Waals surface area contributed by atoms with E-state index in [1.54, 1.807) is 28.9 Å². The second-order valence-electron chi connectivity index (χ2n) is 6.19. The second-order valence-corrected chi connectivity index (χ2v) is 6.63. The van der Waals surface area contributed by atoms with Gasteiger partial charge in [-0.3, -0.25) is 15.6 Å². The minimum Gasteiger partial charge on any atom is -0.383 e. The number of carbonyl (C=O) groups excluding carboxylic acids is 1. The van der Waals surface area contributed by atoms with Crippen LogP contribution in [0.5, 0.6) is 0 Å². The summed E-state index contributed by atoms with van der Waals surface area (Å²) in [5.74, 6) is 0.332. The zero-order valence-electron chi connectivity index (χ0n) is 14.5. The molecular formula is C19H20ClN5O. The predicted octanol–water partition coefficient (Wildman–Crippen LogP) is 3.99. The average molecular weight is 370 g/mol. The highest BCUT2D eigenvalue weighted by atomic mass is 35.5. The Kier molecular flexibility index (Phi) is 5.14. The van der Waals surface area contributed by atoms with Crippen molar-refractivity contribution < 1.29 is 4.79 Å². The number of nitrogens with zero attached hydrogens (tertiary/aromatic N) is 2. The van der Waals surface area contributed by atoms with Crippen LogP contribution in [0.2, 0.25) is 5.02 Å². The number of nitrogens with one attached hydrogen (secondary N) is 2. The van der Waals surface area contributed by atoms with Gasteiger partial charge in [0, 0.05) is 5.02 Å². The van der Waals surface area contributed by atoms with Gasteiger partial charge in [0.25, 0.3) is 5.91 Å². The molecule has 1 aromatic heterocycles. The van der Waals surface area contributed by atoms with Crippen LogP contribution >= 0.6 is 11.6 Å². The molecule has 0 aliphatic carbocycles. The van der Waals surface area contributed by atoms with E-state index in [9.17, 15) is 4.79 Å². The number of rotatable bonds is 5. The predicted molar refractivity (Wildman–Crippen MR) is 105 cm³/mol. The van der Waals surface area contributed by atoms with Gasteiger partial charge in [-0.05, 0) is 41.8 Å². The average Bonchev–Trinajstić information content (AvgIpc) is 3.01. The van der Waals surface area contributed by atoms with E-state index in [1.165, 1.54) is 11.8 Å². The van der Waals surface area contributed by atoms with Crippen molar-refractivity contribution in [2.24, 2.45) is 0 Å². The Bertz CT molecular complexity index is 918. The number of hydrazine groups is 1. The molecule has 0 unspecified atom stereocenters. The highest BCUT2D eigenvalue weighted by Gasteiger charge is 2.16. The maximum atomic E-state index is 12.4. The lowest BCUT2D eigenvalue weighted by Gasteiger charge is -2.10. The van der Waals surface area contributed by atoms with Crippen molar-refractivity contribution in [3.05, 3.63) is 70.9 Å². The maximum absolute atomic E-state index is 12.4. The van der Waals surface area contributed by atoms with E-state index in [0.29, 0.717) is 16.6 Å². The van der Waals surface area contributed by atoms with Crippen molar-refractivity contribution >= 4 is 29.0 Å². The number of amides is 1. The van der Waals surface area contributed by atoms with Crippen molar-refractivity contribution in [2.45, 2.75) is 19.8 Å². The molecule has 1 heterocycles. The molecule has 0 bridgehead atoms. The van der Waals surface area contributed by atoms with E-state index in [4.69, 9.17) is 17.3 Å². The first-order valence-electron chi connectivity index (χ1n) is 8.21. The summed E-state index contributed by atoms with van der Waals surface area (Å²) in [5, 5.41) is 4.80. The summed E-state index contributed by atoms with van der Waals surface area (Å²) in [6.07, 6.45) is 1.45. The zero-order valence-corrected chi connectivity index (χ0v) is 15.3. The SMILES string of the molecule is CC(C)c1ccc(-n2ncc(C(=O)NNc3cccc(Cl)c3)c2N)cc1. The van der Waals surface area contributed by atoms with Crippen molar-refractivity contribution in [2.75, 3.05) is 11.2 Å². The quantitative estimate of drug-likeness (QED) is 0.594. The lowest BCUT2D eigenvalue weighted by molar-refractivity contribution is 0.0963. The molecule has 0 aliphatic rings. The molecule has 3 aromatic rings. The van der Waals surface area contributed by atoms with E-state index >= 15 is 0 Å². The van der Waals surface area contributed by atoms with Crippen LogP contribution in [0, 0.1) is 0 Å². The number of carbonyl (C=O) groups is 1. The molecule has 0 saturated carbocycles. The van der Waals surface area contributed by atoms with Crippen molar-refractivity contribution in [1.82, 2.24) is 15.2 Å². The fourth-order valence-corrected chi connectivity index (χ4v) is 2.69. The molecule has 134 valence electrons.